The Morgan fingerprint density at radius 1 is 0.968 bits per heavy atom. The van der Waals surface area contributed by atoms with Gasteiger partial charge in [0.1, 0.15) is 18.1 Å². The molecule has 0 aromatic heterocycles. The van der Waals surface area contributed by atoms with Crippen LogP contribution in [0.3, 0.4) is 0 Å². The molecule has 1 atom stereocenters. The molecule has 31 heavy (non-hydrogen) atoms. The van der Waals surface area contributed by atoms with Gasteiger partial charge in [-0.3, -0.25) is 9.10 Å². The van der Waals surface area contributed by atoms with Gasteiger partial charge < -0.3 is 14.8 Å². The lowest BCUT2D eigenvalue weighted by Gasteiger charge is -2.34. The second-order valence-electron chi connectivity index (χ2n) is 6.88. The van der Waals surface area contributed by atoms with Crippen molar-refractivity contribution in [3.05, 3.63) is 84.9 Å². The first-order valence-corrected chi connectivity index (χ1v) is 11.3. The average Bonchev–Trinajstić information content (AvgIpc) is 2.82. The minimum absolute atomic E-state index is 0.125. The van der Waals surface area contributed by atoms with Crippen LogP contribution < -0.4 is 19.1 Å². The third kappa shape index (κ3) is 4.64. The van der Waals surface area contributed by atoms with Gasteiger partial charge in [-0.1, -0.05) is 48.5 Å². The molecular formula is C23H22N2O5S. The molecule has 0 fully saturated rings. The fraction of sp³-hybridized carbons (Fsp3) is 0.174. The van der Waals surface area contributed by atoms with Gasteiger partial charge in [0.2, 0.25) is 0 Å². The predicted molar refractivity (Wildman–Crippen MR) is 117 cm³/mol. The molecular weight excluding hydrogens is 416 g/mol. The summed E-state index contributed by atoms with van der Waals surface area (Å²) in [5.74, 6) is 0.646. The lowest BCUT2D eigenvalue weighted by Crippen LogP contribution is -2.51. The molecule has 7 nitrogen and oxygen atoms in total. The fourth-order valence-electron chi connectivity index (χ4n) is 3.26. The molecule has 0 bridgehead atoms. The molecule has 3 aromatic rings. The second-order valence-corrected chi connectivity index (χ2v) is 8.74. The number of amides is 1. The maximum absolute atomic E-state index is 13.3. The summed E-state index contributed by atoms with van der Waals surface area (Å²) in [4.78, 5) is 12.9. The van der Waals surface area contributed by atoms with E-state index in [1.54, 1.807) is 42.5 Å². The monoisotopic (exact) mass is 438 g/mol. The Balaban J connectivity index is 1.47. The third-order valence-corrected chi connectivity index (χ3v) is 6.57. The summed E-state index contributed by atoms with van der Waals surface area (Å²) >= 11 is 0. The molecule has 0 aliphatic carbocycles. The van der Waals surface area contributed by atoms with Crippen LogP contribution >= 0.6 is 0 Å². The molecule has 1 aliphatic heterocycles. The van der Waals surface area contributed by atoms with Crippen LogP contribution in [0.2, 0.25) is 0 Å². The summed E-state index contributed by atoms with van der Waals surface area (Å²) in [5.41, 5.74) is 0.405. The highest BCUT2D eigenvalue weighted by atomic mass is 32.2. The summed E-state index contributed by atoms with van der Waals surface area (Å²) < 4.78 is 39.1. The summed E-state index contributed by atoms with van der Waals surface area (Å²) in [5, 5.41) is 2.75. The lowest BCUT2D eigenvalue weighted by molar-refractivity contribution is -0.127. The van der Waals surface area contributed by atoms with E-state index in [0.29, 0.717) is 17.2 Å². The number of fused-ring (bicyclic) bond motifs is 1. The quantitative estimate of drug-likeness (QED) is 0.574. The zero-order valence-corrected chi connectivity index (χ0v) is 17.5. The van der Waals surface area contributed by atoms with Crippen LogP contribution in [0.25, 0.3) is 0 Å². The number of anilines is 1. The Morgan fingerprint density at radius 2 is 1.61 bits per heavy atom. The van der Waals surface area contributed by atoms with Gasteiger partial charge in [0.05, 0.1) is 23.7 Å². The molecule has 0 radical (unpaired) electrons. The Hall–Kier alpha value is -3.52. The maximum Gasteiger partial charge on any atom is 0.264 e. The van der Waals surface area contributed by atoms with E-state index in [9.17, 15) is 13.2 Å². The normalized spacial score (nSPS) is 15.5. The zero-order valence-electron chi connectivity index (χ0n) is 16.7. The van der Waals surface area contributed by atoms with E-state index in [0.717, 1.165) is 0 Å². The van der Waals surface area contributed by atoms with Crippen LogP contribution in [-0.2, 0) is 14.8 Å². The van der Waals surface area contributed by atoms with Crippen LogP contribution in [0.4, 0.5) is 5.69 Å². The van der Waals surface area contributed by atoms with Crippen molar-refractivity contribution >= 4 is 21.6 Å². The van der Waals surface area contributed by atoms with Crippen molar-refractivity contribution in [3.63, 3.8) is 0 Å². The summed E-state index contributed by atoms with van der Waals surface area (Å²) in [6, 6.07) is 24.2. The first-order chi connectivity index (χ1) is 15.1. The first-order valence-electron chi connectivity index (χ1n) is 9.85. The highest BCUT2D eigenvalue weighted by Crippen LogP contribution is 2.36. The van der Waals surface area contributed by atoms with E-state index in [-0.39, 0.29) is 24.6 Å². The van der Waals surface area contributed by atoms with Gasteiger partial charge in [0.25, 0.3) is 15.9 Å². The van der Waals surface area contributed by atoms with Crippen LogP contribution in [0, 0.1) is 0 Å². The molecule has 1 heterocycles. The van der Waals surface area contributed by atoms with E-state index in [2.05, 4.69) is 5.32 Å². The van der Waals surface area contributed by atoms with Crippen LogP contribution in [-0.4, -0.2) is 40.1 Å². The number of para-hydroxylation sites is 3. The predicted octanol–water partition coefficient (Wildman–Crippen LogP) is 2.84. The number of hydrogen-bond acceptors (Lipinski definition) is 5. The molecule has 4 rings (SSSR count). The van der Waals surface area contributed by atoms with E-state index in [1.165, 1.54) is 16.4 Å². The van der Waals surface area contributed by atoms with Gasteiger partial charge in [-0.15, -0.1) is 0 Å². The van der Waals surface area contributed by atoms with Crippen molar-refractivity contribution in [3.8, 4) is 11.5 Å². The molecule has 3 aromatic carbocycles. The fourth-order valence-corrected chi connectivity index (χ4v) is 4.76. The van der Waals surface area contributed by atoms with Gasteiger partial charge in [-0.25, -0.2) is 8.42 Å². The average molecular weight is 439 g/mol. The van der Waals surface area contributed by atoms with Gasteiger partial charge in [-0.2, -0.15) is 0 Å². The number of nitrogens with zero attached hydrogens (tertiary/aromatic N) is 1. The van der Waals surface area contributed by atoms with Gasteiger partial charge >= 0.3 is 0 Å². The molecule has 0 saturated heterocycles. The minimum atomic E-state index is -3.85. The molecule has 160 valence electrons. The number of hydrogen-bond donors (Lipinski definition) is 1. The van der Waals surface area contributed by atoms with Crippen molar-refractivity contribution in [2.45, 2.75) is 11.0 Å². The minimum Gasteiger partial charge on any atom is -0.492 e. The lowest BCUT2D eigenvalue weighted by atomic mass is 10.2. The van der Waals surface area contributed by atoms with Crippen molar-refractivity contribution in [2.75, 3.05) is 24.0 Å². The van der Waals surface area contributed by atoms with Gasteiger partial charge in [0.15, 0.2) is 6.10 Å². The molecule has 0 saturated carbocycles. The number of nitrogens with one attached hydrogen (secondary N) is 1. The van der Waals surface area contributed by atoms with E-state index in [4.69, 9.17) is 9.47 Å². The topological polar surface area (TPSA) is 84.9 Å². The molecule has 0 unspecified atom stereocenters. The van der Waals surface area contributed by atoms with Crippen LogP contribution in [0.5, 0.6) is 11.5 Å². The second kappa shape index (κ2) is 9.09. The number of sulfonamides is 1. The molecule has 1 N–H and O–H groups in total. The van der Waals surface area contributed by atoms with Crippen LogP contribution in [0.15, 0.2) is 89.8 Å². The number of rotatable bonds is 7. The molecule has 0 spiro atoms. The number of carbonyl (C=O) groups is 1. The van der Waals surface area contributed by atoms with Crippen molar-refractivity contribution in [1.82, 2.24) is 5.32 Å². The Morgan fingerprint density at radius 3 is 2.35 bits per heavy atom. The number of benzene rings is 3. The molecule has 8 heteroatoms. The number of carbonyl (C=O) groups excluding carboxylic acids is 1. The van der Waals surface area contributed by atoms with E-state index in [1.807, 2.05) is 30.3 Å². The Kier molecular flexibility index (Phi) is 6.08. The van der Waals surface area contributed by atoms with Crippen molar-refractivity contribution in [2.24, 2.45) is 0 Å². The highest BCUT2D eigenvalue weighted by molar-refractivity contribution is 7.92. The molecule has 1 amide bonds. The van der Waals surface area contributed by atoms with Gasteiger partial charge in [-0.05, 0) is 36.4 Å². The van der Waals surface area contributed by atoms with Gasteiger partial charge in [0, 0.05) is 0 Å². The maximum atomic E-state index is 13.3. The van der Waals surface area contributed by atoms with E-state index < -0.39 is 22.0 Å². The summed E-state index contributed by atoms with van der Waals surface area (Å²) in [6.45, 7) is 0.422. The third-order valence-electron chi connectivity index (χ3n) is 4.77. The van der Waals surface area contributed by atoms with Crippen molar-refractivity contribution < 1.29 is 22.7 Å². The highest BCUT2D eigenvalue weighted by Gasteiger charge is 2.37. The Bertz CT molecular complexity index is 1140. The first kappa shape index (κ1) is 20.7. The largest absolute Gasteiger partial charge is 0.492 e. The SMILES string of the molecule is O=C(NCCOc1ccccc1)[C@H]1CN(S(=O)(=O)c2ccccc2)c2ccccc2O1. The molecule has 1 aliphatic rings. The van der Waals surface area contributed by atoms with E-state index >= 15 is 0 Å². The Labute approximate surface area is 181 Å². The summed E-state index contributed by atoms with van der Waals surface area (Å²) in [7, 11) is -3.85. The number of ether oxygens (including phenoxy) is 2. The zero-order chi connectivity index (χ0) is 21.7. The summed E-state index contributed by atoms with van der Waals surface area (Å²) in [6.07, 6.45) is -0.981. The smallest absolute Gasteiger partial charge is 0.264 e. The standard InChI is InChI=1S/C23H22N2O5S/c26-23(24-15-16-29-18-9-3-1-4-10-18)22-17-25(20-13-7-8-14-21(20)30-22)31(27,28)19-11-5-2-6-12-19/h1-14,22H,15-17H2,(H,24,26)/t22-/m1/s1. The van der Waals surface area contributed by atoms with Crippen LogP contribution in [0.1, 0.15) is 0 Å². The van der Waals surface area contributed by atoms with Crippen molar-refractivity contribution in [1.29, 1.82) is 0 Å².